The van der Waals surface area contributed by atoms with Gasteiger partial charge in [0, 0.05) is 44.5 Å². The van der Waals surface area contributed by atoms with Crippen molar-refractivity contribution in [1.29, 1.82) is 0 Å². The molecular weight excluding hydrogens is 418 g/mol. The first-order valence-electron chi connectivity index (χ1n) is 11.3. The van der Waals surface area contributed by atoms with E-state index in [0.717, 1.165) is 49.8 Å². The van der Waals surface area contributed by atoms with Crippen LogP contribution in [-0.2, 0) is 11.8 Å². The van der Waals surface area contributed by atoms with E-state index in [0.29, 0.717) is 29.2 Å². The number of pyridine rings is 2. The highest BCUT2D eigenvalue weighted by atomic mass is 16.5. The highest BCUT2D eigenvalue weighted by molar-refractivity contribution is 6.03. The van der Waals surface area contributed by atoms with Crippen molar-refractivity contribution in [3.8, 4) is 11.3 Å². The van der Waals surface area contributed by atoms with Gasteiger partial charge < -0.3 is 15.0 Å². The third-order valence-electron chi connectivity index (χ3n) is 6.44. The van der Waals surface area contributed by atoms with Gasteiger partial charge >= 0.3 is 0 Å². The third-order valence-corrected chi connectivity index (χ3v) is 6.44. The first-order valence-corrected chi connectivity index (χ1v) is 11.3. The second kappa shape index (κ2) is 8.92. The van der Waals surface area contributed by atoms with Gasteiger partial charge in [-0.3, -0.25) is 19.4 Å². The summed E-state index contributed by atoms with van der Waals surface area (Å²) in [6, 6.07) is 8.42. The lowest BCUT2D eigenvalue weighted by Crippen LogP contribution is -2.60. The van der Waals surface area contributed by atoms with Gasteiger partial charge in [-0.05, 0) is 32.0 Å². The molecule has 0 bridgehead atoms. The van der Waals surface area contributed by atoms with Crippen molar-refractivity contribution in [2.75, 3.05) is 43.1 Å². The zero-order valence-electron chi connectivity index (χ0n) is 19.2. The molecular formula is C24H29N7O2. The SMILES string of the molecule is Cc1ncc(N2CCN(C3COC3)[C@@H](C)C2)cc1NC(=O)c1cccc(-c2cnn(C)c2)n1. The van der Waals surface area contributed by atoms with Gasteiger partial charge in [-0.15, -0.1) is 0 Å². The largest absolute Gasteiger partial charge is 0.378 e. The van der Waals surface area contributed by atoms with Crippen molar-refractivity contribution >= 4 is 17.3 Å². The number of carbonyl (C=O) groups excluding carboxylic acids is 1. The summed E-state index contributed by atoms with van der Waals surface area (Å²) in [5, 5.41) is 7.19. The van der Waals surface area contributed by atoms with Crippen LogP contribution in [0.2, 0.25) is 0 Å². The number of carbonyl (C=O) groups is 1. The summed E-state index contributed by atoms with van der Waals surface area (Å²) in [6.07, 6.45) is 5.50. The molecule has 2 fully saturated rings. The number of hydrogen-bond acceptors (Lipinski definition) is 7. The summed E-state index contributed by atoms with van der Waals surface area (Å²) < 4.78 is 7.08. The lowest BCUT2D eigenvalue weighted by molar-refractivity contribution is -0.0792. The topological polar surface area (TPSA) is 88.4 Å². The minimum absolute atomic E-state index is 0.258. The Hall–Kier alpha value is -3.30. The molecule has 1 amide bonds. The Morgan fingerprint density at radius 1 is 1.21 bits per heavy atom. The minimum Gasteiger partial charge on any atom is -0.378 e. The Bertz CT molecular complexity index is 1160. The Kier molecular flexibility index (Phi) is 5.82. The van der Waals surface area contributed by atoms with Crippen molar-refractivity contribution in [3.63, 3.8) is 0 Å². The molecule has 33 heavy (non-hydrogen) atoms. The molecule has 0 saturated carbocycles. The van der Waals surface area contributed by atoms with Crippen LogP contribution >= 0.6 is 0 Å². The molecule has 1 atom stereocenters. The number of piperazine rings is 1. The van der Waals surface area contributed by atoms with Crippen molar-refractivity contribution in [2.24, 2.45) is 7.05 Å². The normalized spacial score (nSPS) is 19.4. The number of nitrogens with one attached hydrogen (secondary N) is 1. The van der Waals surface area contributed by atoms with Gasteiger partial charge in [0.15, 0.2) is 0 Å². The molecule has 0 spiro atoms. The van der Waals surface area contributed by atoms with Crippen molar-refractivity contribution < 1.29 is 9.53 Å². The summed E-state index contributed by atoms with van der Waals surface area (Å²) in [6.45, 7) is 8.67. The molecule has 5 heterocycles. The Labute approximate surface area is 193 Å². The van der Waals surface area contributed by atoms with E-state index >= 15 is 0 Å². The van der Waals surface area contributed by atoms with Crippen LogP contribution in [0.25, 0.3) is 11.3 Å². The van der Waals surface area contributed by atoms with Gasteiger partial charge in [0.05, 0.1) is 54.4 Å². The average Bonchev–Trinajstić information content (AvgIpc) is 3.22. The predicted molar refractivity (Wildman–Crippen MR) is 126 cm³/mol. The highest BCUT2D eigenvalue weighted by Gasteiger charge is 2.33. The highest BCUT2D eigenvalue weighted by Crippen LogP contribution is 2.26. The number of aryl methyl sites for hydroxylation is 2. The number of nitrogens with zero attached hydrogens (tertiary/aromatic N) is 6. The van der Waals surface area contributed by atoms with E-state index in [2.05, 4.69) is 37.1 Å². The molecule has 172 valence electrons. The smallest absolute Gasteiger partial charge is 0.274 e. The Morgan fingerprint density at radius 3 is 2.76 bits per heavy atom. The summed E-state index contributed by atoms with van der Waals surface area (Å²) in [5.41, 5.74) is 4.43. The van der Waals surface area contributed by atoms with E-state index in [-0.39, 0.29) is 5.91 Å². The fraction of sp³-hybridized carbons (Fsp3) is 0.417. The molecule has 3 aromatic heterocycles. The quantitative estimate of drug-likeness (QED) is 0.642. The van der Waals surface area contributed by atoms with Crippen LogP contribution in [0.1, 0.15) is 23.1 Å². The van der Waals surface area contributed by atoms with Crippen LogP contribution in [0.5, 0.6) is 0 Å². The number of aromatic nitrogens is 4. The van der Waals surface area contributed by atoms with Crippen molar-refractivity contribution in [1.82, 2.24) is 24.6 Å². The molecule has 2 aliphatic heterocycles. The zero-order valence-corrected chi connectivity index (χ0v) is 19.2. The first-order chi connectivity index (χ1) is 16.0. The molecule has 0 unspecified atom stereocenters. The van der Waals surface area contributed by atoms with Crippen molar-refractivity contribution in [2.45, 2.75) is 25.9 Å². The van der Waals surface area contributed by atoms with Crippen LogP contribution in [0.15, 0.2) is 42.9 Å². The van der Waals surface area contributed by atoms with Gasteiger partial charge in [0.25, 0.3) is 5.91 Å². The predicted octanol–water partition coefficient (Wildman–Crippen LogP) is 2.35. The zero-order chi connectivity index (χ0) is 22.9. The number of hydrogen-bond donors (Lipinski definition) is 1. The molecule has 3 aromatic rings. The molecule has 0 aliphatic carbocycles. The Balaban J connectivity index is 1.30. The molecule has 2 saturated heterocycles. The maximum absolute atomic E-state index is 13.0. The molecule has 1 N–H and O–H groups in total. The van der Waals surface area contributed by atoms with Gasteiger partial charge in [-0.1, -0.05) is 6.07 Å². The second-order valence-corrected chi connectivity index (χ2v) is 8.82. The van der Waals surface area contributed by atoms with E-state index in [9.17, 15) is 4.79 Å². The summed E-state index contributed by atoms with van der Waals surface area (Å²) in [4.78, 5) is 27.0. The lowest BCUT2D eigenvalue weighted by atomic mass is 10.1. The standard InChI is InChI=1S/C24H29N7O2/c1-16-12-30(7-8-31(16)20-14-33-15-20)19-9-23(17(2)25-11-19)28-24(32)22-6-4-5-21(27-22)18-10-26-29(3)13-18/h4-6,9-11,13,16,20H,7-8,12,14-15H2,1-3H3,(H,28,32)/t16-/m0/s1. The van der Waals surface area contributed by atoms with Gasteiger partial charge in [-0.2, -0.15) is 5.10 Å². The summed E-state index contributed by atoms with van der Waals surface area (Å²) in [7, 11) is 1.85. The maximum Gasteiger partial charge on any atom is 0.274 e. The molecule has 9 heteroatoms. The first kappa shape index (κ1) is 21.5. The number of rotatable bonds is 5. The van der Waals surface area contributed by atoms with E-state index in [1.54, 1.807) is 16.9 Å². The minimum atomic E-state index is -0.258. The molecule has 0 radical (unpaired) electrons. The van der Waals surface area contributed by atoms with E-state index < -0.39 is 0 Å². The summed E-state index contributed by atoms with van der Waals surface area (Å²) in [5.74, 6) is -0.258. The molecule has 5 rings (SSSR count). The van der Waals surface area contributed by atoms with Crippen molar-refractivity contribution in [3.05, 3.63) is 54.2 Å². The molecule has 0 aromatic carbocycles. The van der Waals surface area contributed by atoms with E-state index in [1.165, 1.54) is 0 Å². The summed E-state index contributed by atoms with van der Waals surface area (Å²) >= 11 is 0. The molecule has 9 nitrogen and oxygen atoms in total. The van der Waals surface area contributed by atoms with Crippen LogP contribution in [0.3, 0.4) is 0 Å². The van der Waals surface area contributed by atoms with Gasteiger partial charge in [0.2, 0.25) is 0 Å². The van der Waals surface area contributed by atoms with Crippen LogP contribution < -0.4 is 10.2 Å². The molecule has 2 aliphatic rings. The number of ether oxygens (including phenoxy) is 1. The number of amides is 1. The van der Waals surface area contributed by atoms with E-state index in [1.807, 2.05) is 44.6 Å². The van der Waals surface area contributed by atoms with Crippen LogP contribution in [-0.4, -0.2) is 75.5 Å². The number of anilines is 2. The lowest BCUT2D eigenvalue weighted by Gasteiger charge is -2.47. The Morgan fingerprint density at radius 2 is 2.06 bits per heavy atom. The van der Waals surface area contributed by atoms with Crippen LogP contribution in [0, 0.1) is 6.92 Å². The van der Waals surface area contributed by atoms with Crippen LogP contribution in [0.4, 0.5) is 11.4 Å². The maximum atomic E-state index is 13.0. The van der Waals surface area contributed by atoms with E-state index in [4.69, 9.17) is 4.74 Å². The average molecular weight is 448 g/mol. The fourth-order valence-electron chi connectivity index (χ4n) is 4.45. The monoisotopic (exact) mass is 447 g/mol. The second-order valence-electron chi connectivity index (χ2n) is 8.82. The van der Waals surface area contributed by atoms with Gasteiger partial charge in [-0.25, -0.2) is 4.98 Å². The third kappa shape index (κ3) is 4.46. The van der Waals surface area contributed by atoms with Gasteiger partial charge in [0.1, 0.15) is 5.69 Å². The fourth-order valence-corrected chi connectivity index (χ4v) is 4.45.